The van der Waals surface area contributed by atoms with Crippen LogP contribution < -0.4 is 4.84 Å². The molecule has 0 unspecified atom stereocenters. The Hall–Kier alpha value is -0.730. The molecule has 0 N–H and O–H groups in total. The van der Waals surface area contributed by atoms with E-state index in [-0.39, 0.29) is 0 Å². The van der Waals surface area contributed by atoms with E-state index < -0.39 is 0 Å². The number of nitrogens with zero attached hydrogens (tertiary/aromatic N) is 1. The maximum Gasteiger partial charge on any atom is 0.166 e. The van der Waals surface area contributed by atoms with Gasteiger partial charge in [0.25, 0.3) is 0 Å². The molecule has 1 aromatic carbocycles. The fourth-order valence-corrected chi connectivity index (χ4v) is 2.04. The first-order valence-electron chi connectivity index (χ1n) is 5.45. The molecule has 3 heteroatoms. The van der Waals surface area contributed by atoms with Gasteiger partial charge in [-0.3, -0.25) is 0 Å². The first kappa shape index (κ1) is 10.8. The molecule has 0 atom stereocenters. The lowest BCUT2D eigenvalue weighted by Gasteiger charge is -2.26. The minimum Gasteiger partial charge on any atom is -0.404 e. The zero-order chi connectivity index (χ0) is 10.7. The standard InChI is InChI=1S/C12H16ClNO/c1-10-5-6-12(11(13)9-10)15-14-7-3-2-4-8-14/h5-6,9H,2-4,7-8H2,1H3. The Bertz CT molecular complexity index is 334. The molecule has 1 aromatic rings. The number of aryl methyl sites for hydroxylation is 1. The van der Waals surface area contributed by atoms with Crippen LogP contribution in [0.1, 0.15) is 24.8 Å². The second-order valence-electron chi connectivity index (χ2n) is 4.01. The number of halogens is 1. The molecule has 0 radical (unpaired) electrons. The van der Waals surface area contributed by atoms with Crippen molar-refractivity contribution < 1.29 is 4.84 Å². The van der Waals surface area contributed by atoms with E-state index >= 15 is 0 Å². The van der Waals surface area contributed by atoms with E-state index in [1.165, 1.54) is 19.3 Å². The summed E-state index contributed by atoms with van der Waals surface area (Å²) in [5.41, 5.74) is 1.16. The molecular weight excluding hydrogens is 210 g/mol. The third kappa shape index (κ3) is 2.86. The molecule has 15 heavy (non-hydrogen) atoms. The maximum absolute atomic E-state index is 6.10. The SMILES string of the molecule is Cc1ccc(ON2CCCCC2)c(Cl)c1. The minimum absolute atomic E-state index is 0.695. The van der Waals surface area contributed by atoms with Gasteiger partial charge in [-0.15, -0.1) is 5.06 Å². The van der Waals surface area contributed by atoms with Crippen molar-refractivity contribution in [3.8, 4) is 5.75 Å². The van der Waals surface area contributed by atoms with Gasteiger partial charge in [-0.25, -0.2) is 0 Å². The van der Waals surface area contributed by atoms with Crippen molar-refractivity contribution in [2.45, 2.75) is 26.2 Å². The van der Waals surface area contributed by atoms with Crippen molar-refractivity contribution in [3.05, 3.63) is 28.8 Å². The van der Waals surface area contributed by atoms with Crippen molar-refractivity contribution in [2.75, 3.05) is 13.1 Å². The number of rotatable bonds is 2. The van der Waals surface area contributed by atoms with Gasteiger partial charge in [0.15, 0.2) is 5.75 Å². The van der Waals surface area contributed by atoms with E-state index in [9.17, 15) is 0 Å². The molecule has 2 nitrogen and oxygen atoms in total. The van der Waals surface area contributed by atoms with Crippen LogP contribution in [0.15, 0.2) is 18.2 Å². The summed E-state index contributed by atoms with van der Waals surface area (Å²) in [6.07, 6.45) is 3.73. The van der Waals surface area contributed by atoms with Gasteiger partial charge in [0.2, 0.25) is 0 Å². The van der Waals surface area contributed by atoms with Crippen molar-refractivity contribution >= 4 is 11.6 Å². The molecule has 0 bridgehead atoms. The Kier molecular flexibility index (Phi) is 3.49. The molecule has 1 saturated heterocycles. The topological polar surface area (TPSA) is 12.5 Å². The van der Waals surface area contributed by atoms with Crippen LogP contribution in [0, 0.1) is 6.92 Å². The summed E-state index contributed by atoms with van der Waals surface area (Å²) in [6, 6.07) is 5.89. The quantitative estimate of drug-likeness (QED) is 0.765. The van der Waals surface area contributed by atoms with Crippen LogP contribution in [0.25, 0.3) is 0 Å². The van der Waals surface area contributed by atoms with E-state index in [1.54, 1.807) is 0 Å². The predicted octanol–water partition coefficient (Wildman–Crippen LogP) is 3.43. The average Bonchev–Trinajstić information content (AvgIpc) is 2.24. The van der Waals surface area contributed by atoms with E-state index in [4.69, 9.17) is 16.4 Å². The monoisotopic (exact) mass is 225 g/mol. The normalized spacial score (nSPS) is 17.7. The fourth-order valence-electron chi connectivity index (χ4n) is 1.78. The summed E-state index contributed by atoms with van der Waals surface area (Å²) in [4.78, 5) is 5.74. The first-order valence-corrected chi connectivity index (χ1v) is 5.82. The molecule has 0 saturated carbocycles. The molecule has 0 aliphatic carbocycles. The van der Waals surface area contributed by atoms with Gasteiger partial charge in [0.05, 0.1) is 5.02 Å². The van der Waals surface area contributed by atoms with Crippen molar-refractivity contribution in [2.24, 2.45) is 0 Å². The Morgan fingerprint density at radius 1 is 1.20 bits per heavy atom. The third-order valence-electron chi connectivity index (χ3n) is 2.63. The lowest BCUT2D eigenvalue weighted by Crippen LogP contribution is -2.32. The first-order chi connectivity index (χ1) is 7.25. The largest absolute Gasteiger partial charge is 0.404 e. The second-order valence-corrected chi connectivity index (χ2v) is 4.42. The molecule has 1 fully saturated rings. The smallest absolute Gasteiger partial charge is 0.166 e. The van der Waals surface area contributed by atoms with Crippen LogP contribution in [0.4, 0.5) is 0 Å². The molecular formula is C12H16ClNO. The molecule has 1 aliphatic rings. The van der Waals surface area contributed by atoms with Gasteiger partial charge >= 0.3 is 0 Å². The summed E-state index contributed by atoms with van der Waals surface area (Å²) in [5.74, 6) is 0.768. The Labute approximate surface area is 95.7 Å². The Morgan fingerprint density at radius 3 is 2.60 bits per heavy atom. The molecule has 82 valence electrons. The number of hydrogen-bond acceptors (Lipinski definition) is 2. The van der Waals surface area contributed by atoms with E-state index in [0.717, 1.165) is 24.4 Å². The molecule has 0 amide bonds. The highest BCUT2D eigenvalue weighted by molar-refractivity contribution is 6.32. The summed E-state index contributed by atoms with van der Waals surface area (Å²) in [7, 11) is 0. The van der Waals surface area contributed by atoms with Crippen LogP contribution in [-0.2, 0) is 0 Å². The second kappa shape index (κ2) is 4.86. The number of hydrogen-bond donors (Lipinski definition) is 0. The number of hydroxylamine groups is 2. The highest BCUT2D eigenvalue weighted by Gasteiger charge is 2.13. The average molecular weight is 226 g/mol. The number of benzene rings is 1. The lowest BCUT2D eigenvalue weighted by atomic mass is 10.2. The summed E-state index contributed by atoms with van der Waals surface area (Å²) < 4.78 is 0. The number of piperidine rings is 1. The van der Waals surface area contributed by atoms with Gasteiger partial charge in [-0.05, 0) is 37.5 Å². The highest BCUT2D eigenvalue weighted by atomic mass is 35.5. The van der Waals surface area contributed by atoms with E-state index in [0.29, 0.717) is 5.02 Å². The molecule has 1 heterocycles. The van der Waals surface area contributed by atoms with Gasteiger partial charge in [0.1, 0.15) is 0 Å². The fraction of sp³-hybridized carbons (Fsp3) is 0.500. The Morgan fingerprint density at radius 2 is 1.93 bits per heavy atom. The zero-order valence-corrected chi connectivity index (χ0v) is 9.76. The molecule has 1 aliphatic heterocycles. The van der Waals surface area contributed by atoms with Crippen LogP contribution in [0.2, 0.25) is 5.02 Å². The predicted molar refractivity (Wildman–Crippen MR) is 62.2 cm³/mol. The van der Waals surface area contributed by atoms with E-state index in [2.05, 4.69) is 0 Å². The zero-order valence-electron chi connectivity index (χ0n) is 9.00. The van der Waals surface area contributed by atoms with Crippen molar-refractivity contribution in [1.82, 2.24) is 5.06 Å². The van der Waals surface area contributed by atoms with Crippen molar-refractivity contribution in [1.29, 1.82) is 0 Å². The van der Waals surface area contributed by atoms with Gasteiger partial charge in [0, 0.05) is 13.1 Å². The van der Waals surface area contributed by atoms with E-state index in [1.807, 2.05) is 30.2 Å². The van der Waals surface area contributed by atoms with Crippen LogP contribution in [0.5, 0.6) is 5.75 Å². The minimum atomic E-state index is 0.695. The van der Waals surface area contributed by atoms with Gasteiger partial charge in [-0.1, -0.05) is 24.1 Å². The lowest BCUT2D eigenvalue weighted by molar-refractivity contribution is -0.0719. The van der Waals surface area contributed by atoms with Crippen LogP contribution in [0.3, 0.4) is 0 Å². The maximum atomic E-state index is 6.10. The van der Waals surface area contributed by atoms with Crippen LogP contribution in [-0.4, -0.2) is 18.2 Å². The summed E-state index contributed by atoms with van der Waals surface area (Å²) >= 11 is 6.10. The van der Waals surface area contributed by atoms with Crippen LogP contribution >= 0.6 is 11.6 Å². The van der Waals surface area contributed by atoms with Gasteiger partial charge in [-0.2, -0.15) is 0 Å². The van der Waals surface area contributed by atoms with Gasteiger partial charge < -0.3 is 4.84 Å². The third-order valence-corrected chi connectivity index (χ3v) is 2.93. The summed E-state index contributed by atoms with van der Waals surface area (Å²) in [6.45, 7) is 4.03. The highest BCUT2D eigenvalue weighted by Crippen LogP contribution is 2.26. The molecule has 0 spiro atoms. The molecule has 0 aromatic heterocycles. The molecule has 2 rings (SSSR count). The van der Waals surface area contributed by atoms with Crippen molar-refractivity contribution in [3.63, 3.8) is 0 Å². The Balaban J connectivity index is 2.03. The summed E-state index contributed by atoms with van der Waals surface area (Å²) in [5, 5.41) is 2.70.